The Bertz CT molecular complexity index is 1250. The standard InChI is InChI=1S/C56H102O12/c1-7-11-15-17-21-29-37-47(65-53(59)43-27-13-9-3)50(40-32-24-20-26-34-42-52(58)64-6)68-56(62)46-36-35-45-55(61)67-49(38-30-22-18-16-12-8-2)48(66-54(60)44-28-14-10-4)39-31-23-19-25-33-41-51(57)63-5/h47-50H,7-46H2,1-6H3. The predicted octanol–water partition coefficient (Wildman–Crippen LogP) is 14.7. The first-order valence-electron chi connectivity index (χ1n) is 28.0. The van der Waals surface area contributed by atoms with Gasteiger partial charge in [0.1, 0.15) is 24.4 Å². The molecule has 398 valence electrons. The quantitative estimate of drug-likeness (QED) is 0.0323. The Morgan fingerprint density at radius 1 is 0.250 bits per heavy atom. The molecule has 0 radical (unpaired) electrons. The number of methoxy groups -OCH3 is 2. The minimum Gasteiger partial charge on any atom is -0.469 e. The third kappa shape index (κ3) is 39.6. The smallest absolute Gasteiger partial charge is 0.306 e. The van der Waals surface area contributed by atoms with Crippen LogP contribution in [0.1, 0.15) is 285 Å². The lowest BCUT2D eigenvalue weighted by atomic mass is 9.98. The van der Waals surface area contributed by atoms with Crippen molar-refractivity contribution in [2.45, 2.75) is 309 Å². The van der Waals surface area contributed by atoms with Gasteiger partial charge in [-0.3, -0.25) is 28.8 Å². The Morgan fingerprint density at radius 2 is 0.426 bits per heavy atom. The maximum atomic E-state index is 13.5. The number of ether oxygens (including phenoxy) is 6. The van der Waals surface area contributed by atoms with Crippen LogP contribution in [-0.4, -0.2) is 74.5 Å². The second-order valence-electron chi connectivity index (χ2n) is 19.1. The molecule has 0 amide bonds. The van der Waals surface area contributed by atoms with Gasteiger partial charge in [-0.1, -0.05) is 156 Å². The second-order valence-corrected chi connectivity index (χ2v) is 19.1. The first kappa shape index (κ1) is 64.8. The zero-order valence-corrected chi connectivity index (χ0v) is 44.5. The Kier molecular flexibility index (Phi) is 45.3. The zero-order valence-electron chi connectivity index (χ0n) is 44.5. The number of hydrogen-bond acceptors (Lipinski definition) is 12. The fraction of sp³-hybridized carbons (Fsp3) is 0.893. The highest BCUT2D eigenvalue weighted by molar-refractivity contribution is 5.72. The molecule has 0 aromatic heterocycles. The van der Waals surface area contributed by atoms with Crippen LogP contribution in [-0.2, 0) is 57.2 Å². The number of carbonyl (C=O) groups excluding carboxylic acids is 6. The average molecular weight is 967 g/mol. The lowest BCUT2D eigenvalue weighted by Crippen LogP contribution is -2.36. The van der Waals surface area contributed by atoms with E-state index in [4.69, 9.17) is 28.4 Å². The number of rotatable bonds is 49. The fourth-order valence-electron chi connectivity index (χ4n) is 8.52. The molecule has 0 aliphatic rings. The topological polar surface area (TPSA) is 158 Å². The van der Waals surface area contributed by atoms with Crippen molar-refractivity contribution in [2.75, 3.05) is 14.2 Å². The molecule has 4 atom stereocenters. The average Bonchev–Trinajstić information content (AvgIpc) is 3.32. The van der Waals surface area contributed by atoms with Crippen LogP contribution < -0.4 is 0 Å². The van der Waals surface area contributed by atoms with E-state index < -0.39 is 24.4 Å². The van der Waals surface area contributed by atoms with Gasteiger partial charge in [-0.2, -0.15) is 0 Å². The highest BCUT2D eigenvalue weighted by Crippen LogP contribution is 2.25. The number of hydrogen-bond donors (Lipinski definition) is 0. The summed E-state index contributed by atoms with van der Waals surface area (Å²) in [6.07, 6.45) is 30.1. The number of unbranched alkanes of at least 4 members (excludes halogenated alkanes) is 23. The van der Waals surface area contributed by atoms with Crippen molar-refractivity contribution >= 4 is 35.8 Å². The van der Waals surface area contributed by atoms with E-state index in [1.807, 2.05) is 0 Å². The molecule has 0 aliphatic heterocycles. The van der Waals surface area contributed by atoms with Gasteiger partial charge in [0, 0.05) is 38.5 Å². The molecular weight excluding hydrogens is 865 g/mol. The van der Waals surface area contributed by atoms with Crippen molar-refractivity contribution in [1.82, 2.24) is 0 Å². The lowest BCUT2D eigenvalue weighted by molar-refractivity contribution is -0.170. The van der Waals surface area contributed by atoms with Crippen molar-refractivity contribution in [2.24, 2.45) is 0 Å². The summed E-state index contributed by atoms with van der Waals surface area (Å²) in [6.45, 7) is 8.59. The van der Waals surface area contributed by atoms with Gasteiger partial charge in [-0.25, -0.2) is 0 Å². The van der Waals surface area contributed by atoms with Crippen molar-refractivity contribution in [3.05, 3.63) is 0 Å². The normalized spacial score (nSPS) is 13.0. The van der Waals surface area contributed by atoms with E-state index in [-0.39, 0.29) is 48.7 Å². The molecule has 0 aromatic rings. The van der Waals surface area contributed by atoms with Crippen LogP contribution in [0.15, 0.2) is 0 Å². The van der Waals surface area contributed by atoms with E-state index in [1.165, 1.54) is 46.3 Å². The molecule has 0 rings (SSSR count). The highest BCUT2D eigenvalue weighted by Gasteiger charge is 2.30. The molecule has 0 saturated carbocycles. The molecule has 0 N–H and O–H groups in total. The third-order valence-corrected chi connectivity index (χ3v) is 12.8. The number of carbonyl (C=O) groups is 6. The van der Waals surface area contributed by atoms with E-state index >= 15 is 0 Å². The largest absolute Gasteiger partial charge is 0.469 e. The van der Waals surface area contributed by atoms with Crippen LogP contribution in [0.5, 0.6) is 0 Å². The highest BCUT2D eigenvalue weighted by atomic mass is 16.6. The molecule has 68 heavy (non-hydrogen) atoms. The van der Waals surface area contributed by atoms with Gasteiger partial charge in [0.2, 0.25) is 0 Å². The maximum Gasteiger partial charge on any atom is 0.306 e. The maximum absolute atomic E-state index is 13.5. The summed E-state index contributed by atoms with van der Waals surface area (Å²) in [5, 5.41) is 0. The molecule has 0 fully saturated rings. The van der Waals surface area contributed by atoms with Gasteiger partial charge in [0.15, 0.2) is 0 Å². The molecule has 0 heterocycles. The third-order valence-electron chi connectivity index (χ3n) is 12.8. The van der Waals surface area contributed by atoms with Crippen molar-refractivity contribution in [3.8, 4) is 0 Å². The molecule has 0 spiro atoms. The molecule has 0 aliphatic carbocycles. The Balaban J connectivity index is 5.80. The molecule has 4 unspecified atom stereocenters. The lowest BCUT2D eigenvalue weighted by Gasteiger charge is -2.28. The van der Waals surface area contributed by atoms with Gasteiger partial charge >= 0.3 is 35.8 Å². The van der Waals surface area contributed by atoms with Crippen LogP contribution in [0.25, 0.3) is 0 Å². The minimum absolute atomic E-state index is 0.129. The summed E-state index contributed by atoms with van der Waals surface area (Å²) in [5.41, 5.74) is 0. The van der Waals surface area contributed by atoms with Crippen molar-refractivity contribution < 1.29 is 57.2 Å². The zero-order chi connectivity index (χ0) is 50.3. The van der Waals surface area contributed by atoms with Gasteiger partial charge in [-0.15, -0.1) is 0 Å². The SMILES string of the molecule is CCCCCCCCC(OC(=O)CCCCC)C(CCCCCCCC(=O)OC)OC(=O)CCCCC(=O)OC(CCCCCCCC)C(CCCCCCCC(=O)OC)OC(=O)CCCCC. The Hall–Kier alpha value is -3.18. The van der Waals surface area contributed by atoms with Gasteiger partial charge in [0.25, 0.3) is 0 Å². The van der Waals surface area contributed by atoms with Crippen molar-refractivity contribution in [3.63, 3.8) is 0 Å². The van der Waals surface area contributed by atoms with Crippen LogP contribution in [0.2, 0.25) is 0 Å². The second kappa shape index (κ2) is 47.5. The van der Waals surface area contributed by atoms with E-state index in [0.29, 0.717) is 64.2 Å². The van der Waals surface area contributed by atoms with Gasteiger partial charge < -0.3 is 28.4 Å². The summed E-state index contributed by atoms with van der Waals surface area (Å²) in [4.78, 5) is 76.3. The van der Waals surface area contributed by atoms with E-state index in [0.717, 1.165) is 148 Å². The van der Waals surface area contributed by atoms with Crippen LogP contribution >= 0.6 is 0 Å². The predicted molar refractivity (Wildman–Crippen MR) is 271 cm³/mol. The summed E-state index contributed by atoms with van der Waals surface area (Å²) in [7, 11) is 2.81. The monoisotopic (exact) mass is 967 g/mol. The van der Waals surface area contributed by atoms with Gasteiger partial charge in [0.05, 0.1) is 14.2 Å². The molecule has 0 aromatic carbocycles. The summed E-state index contributed by atoms with van der Waals surface area (Å²) < 4.78 is 34.1. The molecule has 0 bridgehead atoms. The van der Waals surface area contributed by atoms with E-state index in [1.54, 1.807) is 0 Å². The molecule has 0 saturated heterocycles. The minimum atomic E-state index is -0.558. The summed E-state index contributed by atoms with van der Waals surface area (Å²) in [5.74, 6) is -1.61. The summed E-state index contributed by atoms with van der Waals surface area (Å²) in [6, 6.07) is 0. The van der Waals surface area contributed by atoms with Gasteiger partial charge in [-0.05, 0) is 89.9 Å². The van der Waals surface area contributed by atoms with Crippen LogP contribution in [0.4, 0.5) is 0 Å². The first-order chi connectivity index (χ1) is 33.0. The molecular formula is C56H102O12. The van der Waals surface area contributed by atoms with Crippen LogP contribution in [0, 0.1) is 0 Å². The van der Waals surface area contributed by atoms with E-state index in [9.17, 15) is 28.8 Å². The molecule has 12 nitrogen and oxygen atoms in total. The summed E-state index contributed by atoms with van der Waals surface area (Å²) >= 11 is 0. The fourth-order valence-corrected chi connectivity index (χ4v) is 8.52. The van der Waals surface area contributed by atoms with Crippen LogP contribution in [0.3, 0.4) is 0 Å². The molecule has 12 heteroatoms. The Morgan fingerprint density at radius 3 is 0.676 bits per heavy atom. The number of esters is 6. The first-order valence-corrected chi connectivity index (χ1v) is 28.0. The van der Waals surface area contributed by atoms with Crippen molar-refractivity contribution in [1.29, 1.82) is 0 Å². The van der Waals surface area contributed by atoms with E-state index in [2.05, 4.69) is 27.7 Å². The Labute approximate surface area is 414 Å².